The second-order valence-corrected chi connectivity index (χ2v) is 5.73. The van der Waals surface area contributed by atoms with E-state index in [1.54, 1.807) is 7.11 Å². The molecule has 4 heteroatoms. The fourth-order valence-corrected chi connectivity index (χ4v) is 3.04. The lowest BCUT2D eigenvalue weighted by molar-refractivity contribution is 0.0374. The topological polar surface area (TPSA) is 24.9 Å². The van der Waals surface area contributed by atoms with E-state index >= 15 is 0 Å². The fraction of sp³-hybridized carbons (Fsp3) is 0.667. The SMILES string of the molecule is CCN(CC)c1ccc(CCCN2CCOCC2)c(OC)c1. The van der Waals surface area contributed by atoms with Crippen molar-refractivity contribution < 1.29 is 9.47 Å². The van der Waals surface area contributed by atoms with Crippen LogP contribution in [0, 0.1) is 0 Å². The van der Waals surface area contributed by atoms with Gasteiger partial charge in [0.05, 0.1) is 20.3 Å². The summed E-state index contributed by atoms with van der Waals surface area (Å²) in [5.41, 5.74) is 2.56. The maximum absolute atomic E-state index is 5.61. The van der Waals surface area contributed by atoms with Crippen molar-refractivity contribution in [3.8, 4) is 5.75 Å². The van der Waals surface area contributed by atoms with Gasteiger partial charge in [0, 0.05) is 37.9 Å². The van der Waals surface area contributed by atoms with Crippen LogP contribution in [0.3, 0.4) is 0 Å². The van der Waals surface area contributed by atoms with Crippen LogP contribution in [0.25, 0.3) is 0 Å². The van der Waals surface area contributed by atoms with Gasteiger partial charge in [0.25, 0.3) is 0 Å². The quantitative estimate of drug-likeness (QED) is 0.737. The van der Waals surface area contributed by atoms with Crippen molar-refractivity contribution in [2.24, 2.45) is 0 Å². The van der Waals surface area contributed by atoms with Crippen molar-refractivity contribution in [2.45, 2.75) is 26.7 Å². The highest BCUT2D eigenvalue weighted by Gasteiger charge is 2.11. The summed E-state index contributed by atoms with van der Waals surface area (Å²) in [6.45, 7) is 11.5. The molecule has 22 heavy (non-hydrogen) atoms. The van der Waals surface area contributed by atoms with Gasteiger partial charge in [-0.05, 0) is 44.9 Å². The van der Waals surface area contributed by atoms with Gasteiger partial charge in [0.2, 0.25) is 0 Å². The number of aryl methyl sites for hydroxylation is 1. The lowest BCUT2D eigenvalue weighted by atomic mass is 10.1. The molecular formula is C18H30N2O2. The molecule has 1 aliphatic rings. The summed E-state index contributed by atoms with van der Waals surface area (Å²) in [5.74, 6) is 1.02. The summed E-state index contributed by atoms with van der Waals surface area (Å²) in [7, 11) is 1.77. The maximum Gasteiger partial charge on any atom is 0.124 e. The van der Waals surface area contributed by atoms with Crippen LogP contribution in [0.1, 0.15) is 25.8 Å². The third-order valence-corrected chi connectivity index (χ3v) is 4.42. The summed E-state index contributed by atoms with van der Waals surface area (Å²) in [5, 5.41) is 0. The average Bonchev–Trinajstić information content (AvgIpc) is 2.58. The van der Waals surface area contributed by atoms with Crippen LogP contribution >= 0.6 is 0 Å². The van der Waals surface area contributed by atoms with Crippen LogP contribution in [0.5, 0.6) is 5.75 Å². The van der Waals surface area contributed by atoms with Gasteiger partial charge in [0.1, 0.15) is 5.75 Å². The molecule has 0 saturated carbocycles. The van der Waals surface area contributed by atoms with Crippen molar-refractivity contribution in [3.63, 3.8) is 0 Å². The molecule has 0 N–H and O–H groups in total. The molecule has 1 aromatic carbocycles. The molecule has 0 atom stereocenters. The van der Waals surface area contributed by atoms with Gasteiger partial charge in [-0.25, -0.2) is 0 Å². The number of morpholine rings is 1. The molecule has 1 heterocycles. The van der Waals surface area contributed by atoms with Crippen LogP contribution in [0.15, 0.2) is 18.2 Å². The van der Waals surface area contributed by atoms with E-state index < -0.39 is 0 Å². The van der Waals surface area contributed by atoms with Crippen molar-refractivity contribution >= 4 is 5.69 Å². The van der Waals surface area contributed by atoms with E-state index in [-0.39, 0.29) is 0 Å². The van der Waals surface area contributed by atoms with Crippen LogP contribution in [0.4, 0.5) is 5.69 Å². The molecule has 0 unspecified atom stereocenters. The van der Waals surface area contributed by atoms with Gasteiger partial charge < -0.3 is 14.4 Å². The van der Waals surface area contributed by atoms with Crippen molar-refractivity contribution in [3.05, 3.63) is 23.8 Å². The Hall–Kier alpha value is -1.26. The zero-order valence-electron chi connectivity index (χ0n) is 14.3. The van der Waals surface area contributed by atoms with Crippen LogP contribution < -0.4 is 9.64 Å². The van der Waals surface area contributed by atoms with E-state index in [4.69, 9.17) is 9.47 Å². The molecule has 0 radical (unpaired) electrons. The van der Waals surface area contributed by atoms with Gasteiger partial charge in [-0.3, -0.25) is 4.90 Å². The molecule has 0 aliphatic carbocycles. The molecule has 124 valence electrons. The average molecular weight is 306 g/mol. The summed E-state index contributed by atoms with van der Waals surface area (Å²) in [6.07, 6.45) is 2.24. The predicted molar refractivity (Wildman–Crippen MR) is 92.1 cm³/mol. The third-order valence-electron chi connectivity index (χ3n) is 4.42. The number of anilines is 1. The molecule has 0 spiro atoms. The first-order valence-corrected chi connectivity index (χ1v) is 8.50. The van der Waals surface area contributed by atoms with Gasteiger partial charge in [-0.2, -0.15) is 0 Å². The number of nitrogens with zero attached hydrogens (tertiary/aromatic N) is 2. The Balaban J connectivity index is 1.92. The Labute approximate surface area is 135 Å². The minimum absolute atomic E-state index is 0.877. The Kier molecular flexibility index (Phi) is 7.00. The Morgan fingerprint density at radius 3 is 2.55 bits per heavy atom. The Morgan fingerprint density at radius 1 is 1.18 bits per heavy atom. The number of hydrogen-bond donors (Lipinski definition) is 0. The predicted octanol–water partition coefficient (Wildman–Crippen LogP) is 2.81. The van der Waals surface area contributed by atoms with Gasteiger partial charge in [-0.15, -0.1) is 0 Å². The zero-order valence-corrected chi connectivity index (χ0v) is 14.3. The summed E-state index contributed by atoms with van der Waals surface area (Å²) in [6, 6.07) is 6.63. The van der Waals surface area contributed by atoms with E-state index in [1.165, 1.54) is 17.7 Å². The number of ether oxygens (including phenoxy) is 2. The van der Waals surface area contributed by atoms with Gasteiger partial charge >= 0.3 is 0 Å². The minimum Gasteiger partial charge on any atom is -0.496 e. The smallest absolute Gasteiger partial charge is 0.124 e. The third kappa shape index (κ3) is 4.62. The lowest BCUT2D eigenvalue weighted by Crippen LogP contribution is -2.36. The number of rotatable bonds is 8. The fourth-order valence-electron chi connectivity index (χ4n) is 3.04. The standard InChI is InChI=1S/C18H30N2O2/c1-4-20(5-2)17-9-8-16(18(15-17)21-3)7-6-10-19-11-13-22-14-12-19/h8-9,15H,4-7,10-14H2,1-3H3. The number of methoxy groups -OCH3 is 1. The molecule has 0 bridgehead atoms. The first kappa shape index (κ1) is 17.1. The highest BCUT2D eigenvalue weighted by molar-refractivity contribution is 5.53. The van der Waals surface area contributed by atoms with Crippen LogP contribution in [0.2, 0.25) is 0 Å². The largest absolute Gasteiger partial charge is 0.496 e. The second kappa shape index (κ2) is 9.01. The molecule has 0 amide bonds. The minimum atomic E-state index is 0.877. The van der Waals surface area contributed by atoms with Crippen LogP contribution in [-0.4, -0.2) is 57.9 Å². The molecule has 1 aliphatic heterocycles. The van der Waals surface area contributed by atoms with Gasteiger partial charge in [-0.1, -0.05) is 6.07 Å². The van der Waals surface area contributed by atoms with Gasteiger partial charge in [0.15, 0.2) is 0 Å². The van der Waals surface area contributed by atoms with E-state index in [1.807, 2.05) is 0 Å². The Bertz CT molecular complexity index is 441. The molecule has 1 saturated heterocycles. The summed E-state index contributed by atoms with van der Waals surface area (Å²) < 4.78 is 11.0. The highest BCUT2D eigenvalue weighted by atomic mass is 16.5. The normalized spacial score (nSPS) is 15.8. The van der Waals surface area contributed by atoms with Crippen molar-refractivity contribution in [1.82, 2.24) is 4.90 Å². The molecule has 0 aromatic heterocycles. The number of hydrogen-bond acceptors (Lipinski definition) is 4. The molecular weight excluding hydrogens is 276 g/mol. The first-order valence-electron chi connectivity index (χ1n) is 8.50. The number of benzene rings is 1. The van der Waals surface area contributed by atoms with E-state index in [9.17, 15) is 0 Å². The Morgan fingerprint density at radius 2 is 1.91 bits per heavy atom. The highest BCUT2D eigenvalue weighted by Crippen LogP contribution is 2.26. The monoisotopic (exact) mass is 306 g/mol. The molecule has 1 fully saturated rings. The molecule has 4 nitrogen and oxygen atoms in total. The van der Waals surface area contributed by atoms with E-state index in [0.29, 0.717) is 0 Å². The summed E-state index contributed by atoms with van der Waals surface area (Å²) in [4.78, 5) is 4.83. The van der Waals surface area contributed by atoms with Crippen molar-refractivity contribution in [2.75, 3.05) is 57.9 Å². The van der Waals surface area contributed by atoms with Crippen LogP contribution in [-0.2, 0) is 11.2 Å². The van der Waals surface area contributed by atoms with E-state index in [2.05, 4.69) is 41.8 Å². The van der Waals surface area contributed by atoms with Crippen molar-refractivity contribution in [1.29, 1.82) is 0 Å². The molecule has 2 rings (SSSR count). The maximum atomic E-state index is 5.61. The lowest BCUT2D eigenvalue weighted by Gasteiger charge is -2.26. The summed E-state index contributed by atoms with van der Waals surface area (Å²) >= 11 is 0. The molecule has 1 aromatic rings. The first-order chi connectivity index (χ1) is 10.8. The van der Waals surface area contributed by atoms with E-state index in [0.717, 1.165) is 58.1 Å². The zero-order chi connectivity index (χ0) is 15.8. The second-order valence-electron chi connectivity index (χ2n) is 5.73.